The van der Waals surface area contributed by atoms with E-state index < -0.39 is 12.0 Å². The fourth-order valence-electron chi connectivity index (χ4n) is 3.25. The van der Waals surface area contributed by atoms with Gasteiger partial charge in [0.25, 0.3) is 11.9 Å². The van der Waals surface area contributed by atoms with Gasteiger partial charge in [-0.25, -0.2) is 18.1 Å². The van der Waals surface area contributed by atoms with Crippen LogP contribution >= 0.6 is 0 Å². The molecule has 3 heterocycles. The molecule has 0 spiro atoms. The molecule has 2 N–H and O–H groups in total. The van der Waals surface area contributed by atoms with Crippen molar-refractivity contribution in [1.29, 1.82) is 0 Å². The summed E-state index contributed by atoms with van der Waals surface area (Å²) in [5.74, 6) is -2.59. The summed E-state index contributed by atoms with van der Waals surface area (Å²) in [4.78, 5) is 16.6. The van der Waals surface area contributed by atoms with Crippen molar-refractivity contribution in [3.63, 3.8) is 0 Å². The van der Waals surface area contributed by atoms with Crippen molar-refractivity contribution in [2.75, 3.05) is 18.4 Å². The highest BCUT2D eigenvalue weighted by Gasteiger charge is 2.37. The molecule has 1 aromatic carbocycles. The lowest BCUT2D eigenvalue weighted by Crippen LogP contribution is -2.24. The second-order valence-electron chi connectivity index (χ2n) is 6.56. The molecule has 27 heavy (non-hydrogen) atoms. The first kappa shape index (κ1) is 17.3. The Bertz CT molecular complexity index is 987. The minimum atomic E-state index is -2.59. The van der Waals surface area contributed by atoms with Crippen LogP contribution in [0, 0.1) is 0 Å². The minimum Gasteiger partial charge on any atom is -0.465 e. The van der Waals surface area contributed by atoms with Crippen molar-refractivity contribution < 1.29 is 18.7 Å². The number of hydrogen-bond acceptors (Lipinski definition) is 4. The van der Waals surface area contributed by atoms with Crippen molar-refractivity contribution in [2.24, 2.45) is 0 Å². The zero-order valence-electron chi connectivity index (χ0n) is 14.3. The third-order valence-corrected chi connectivity index (χ3v) is 4.48. The van der Waals surface area contributed by atoms with Crippen LogP contribution < -0.4 is 5.32 Å². The number of amides is 1. The van der Waals surface area contributed by atoms with Crippen LogP contribution in [-0.4, -0.2) is 49.7 Å². The Morgan fingerprint density at radius 2 is 2.00 bits per heavy atom. The Morgan fingerprint density at radius 3 is 2.67 bits per heavy atom. The molecule has 0 aliphatic carbocycles. The maximum absolute atomic E-state index is 13.3. The fraction of sp³-hybridized carbons (Fsp3) is 0.278. The largest absolute Gasteiger partial charge is 0.465 e. The number of carboxylic acid groups (broad SMARTS) is 1. The van der Waals surface area contributed by atoms with Crippen molar-refractivity contribution in [1.82, 2.24) is 19.5 Å². The highest BCUT2D eigenvalue weighted by atomic mass is 19.3. The van der Waals surface area contributed by atoms with Crippen LogP contribution in [0.5, 0.6) is 0 Å². The van der Waals surface area contributed by atoms with Gasteiger partial charge in [0.2, 0.25) is 0 Å². The zero-order valence-corrected chi connectivity index (χ0v) is 14.3. The molecule has 2 aromatic heterocycles. The molecule has 3 aromatic rings. The SMILES string of the molecule is O=C(O)Nc1nc2cccc(-c3ccc(CN4CCC(F)(F)C4)cc3)n2n1. The van der Waals surface area contributed by atoms with Crippen LogP contribution in [0.4, 0.5) is 19.5 Å². The summed E-state index contributed by atoms with van der Waals surface area (Å²) >= 11 is 0. The molecule has 0 bridgehead atoms. The summed E-state index contributed by atoms with van der Waals surface area (Å²) in [5.41, 5.74) is 3.08. The molecule has 1 aliphatic rings. The number of nitrogens with one attached hydrogen (secondary N) is 1. The van der Waals surface area contributed by atoms with E-state index >= 15 is 0 Å². The molecule has 1 aliphatic heterocycles. The first-order valence-electron chi connectivity index (χ1n) is 8.45. The van der Waals surface area contributed by atoms with Crippen molar-refractivity contribution in [3.05, 3.63) is 48.0 Å². The topological polar surface area (TPSA) is 82.8 Å². The van der Waals surface area contributed by atoms with Gasteiger partial charge in [0.15, 0.2) is 5.65 Å². The third kappa shape index (κ3) is 3.72. The van der Waals surface area contributed by atoms with Crippen molar-refractivity contribution in [3.8, 4) is 11.3 Å². The molecule has 7 nitrogen and oxygen atoms in total. The van der Waals surface area contributed by atoms with Gasteiger partial charge in [-0.15, -0.1) is 5.10 Å². The molecule has 4 rings (SSSR count). The van der Waals surface area contributed by atoms with Crippen LogP contribution in [0.1, 0.15) is 12.0 Å². The molecule has 9 heteroatoms. The van der Waals surface area contributed by atoms with E-state index in [1.54, 1.807) is 15.5 Å². The van der Waals surface area contributed by atoms with Gasteiger partial charge in [-0.3, -0.25) is 10.2 Å². The van der Waals surface area contributed by atoms with Gasteiger partial charge in [0.1, 0.15) is 0 Å². The number of anilines is 1. The van der Waals surface area contributed by atoms with E-state index in [0.717, 1.165) is 16.8 Å². The fourth-order valence-corrected chi connectivity index (χ4v) is 3.25. The van der Waals surface area contributed by atoms with E-state index in [1.165, 1.54) is 0 Å². The highest BCUT2D eigenvalue weighted by molar-refractivity contribution is 5.80. The molecule has 0 radical (unpaired) electrons. The van der Waals surface area contributed by atoms with Gasteiger partial charge in [-0.05, 0) is 17.7 Å². The number of benzene rings is 1. The lowest BCUT2D eigenvalue weighted by atomic mass is 10.1. The van der Waals surface area contributed by atoms with E-state index in [9.17, 15) is 13.6 Å². The molecule has 0 atom stereocenters. The standard InChI is InChI=1S/C18H17F2N5O2/c19-18(20)8-9-24(11-18)10-12-4-6-13(7-5-12)14-2-1-3-15-21-16(22-17(26)27)23-25(14)15/h1-7H,8-11H2,(H,22,23)(H,26,27). The molecule has 0 unspecified atom stereocenters. The van der Waals surface area contributed by atoms with Gasteiger partial charge >= 0.3 is 6.09 Å². The second-order valence-corrected chi connectivity index (χ2v) is 6.56. The quantitative estimate of drug-likeness (QED) is 0.733. The Hall–Kier alpha value is -3.07. The molecular weight excluding hydrogens is 356 g/mol. The highest BCUT2D eigenvalue weighted by Crippen LogP contribution is 2.28. The predicted octanol–water partition coefficient (Wildman–Crippen LogP) is 3.33. The summed E-state index contributed by atoms with van der Waals surface area (Å²) in [7, 11) is 0. The number of fused-ring (bicyclic) bond motifs is 1. The normalized spacial score (nSPS) is 16.7. The third-order valence-electron chi connectivity index (χ3n) is 4.48. The van der Waals surface area contributed by atoms with E-state index in [-0.39, 0.29) is 18.9 Å². The number of pyridine rings is 1. The number of rotatable bonds is 4. The Morgan fingerprint density at radius 1 is 1.22 bits per heavy atom. The average molecular weight is 373 g/mol. The van der Waals surface area contributed by atoms with Gasteiger partial charge in [-0.1, -0.05) is 30.3 Å². The van der Waals surface area contributed by atoms with Crippen LogP contribution in [0.25, 0.3) is 16.9 Å². The monoisotopic (exact) mass is 373 g/mol. The molecule has 140 valence electrons. The van der Waals surface area contributed by atoms with Gasteiger partial charge in [0.05, 0.1) is 12.2 Å². The molecular formula is C18H17F2N5O2. The van der Waals surface area contributed by atoms with E-state index in [4.69, 9.17) is 5.11 Å². The first-order valence-corrected chi connectivity index (χ1v) is 8.45. The lowest BCUT2D eigenvalue weighted by molar-refractivity contribution is 0.0115. The van der Waals surface area contributed by atoms with Gasteiger partial charge < -0.3 is 5.11 Å². The number of carbonyl (C=O) groups is 1. The first-order chi connectivity index (χ1) is 12.9. The number of nitrogens with zero attached hydrogens (tertiary/aromatic N) is 4. The maximum atomic E-state index is 13.3. The summed E-state index contributed by atoms with van der Waals surface area (Å²) in [6.07, 6.45) is -1.32. The number of likely N-dealkylation sites (tertiary alicyclic amines) is 1. The summed E-state index contributed by atoms with van der Waals surface area (Å²) < 4.78 is 28.2. The van der Waals surface area contributed by atoms with Crippen LogP contribution in [0.15, 0.2) is 42.5 Å². The smallest absolute Gasteiger partial charge is 0.411 e. The Labute approximate surface area is 153 Å². The van der Waals surface area contributed by atoms with Crippen LogP contribution in [0.2, 0.25) is 0 Å². The molecule has 1 fully saturated rings. The predicted molar refractivity (Wildman–Crippen MR) is 94.9 cm³/mol. The van der Waals surface area contributed by atoms with E-state index in [2.05, 4.69) is 15.4 Å². The molecule has 1 saturated heterocycles. The van der Waals surface area contributed by atoms with Gasteiger partial charge in [-0.2, -0.15) is 4.98 Å². The molecule has 1 amide bonds. The Kier molecular flexibility index (Phi) is 4.23. The zero-order chi connectivity index (χ0) is 19.0. The van der Waals surface area contributed by atoms with Crippen LogP contribution in [-0.2, 0) is 6.54 Å². The van der Waals surface area contributed by atoms with E-state index in [1.807, 2.05) is 36.4 Å². The number of aromatic nitrogens is 3. The summed E-state index contributed by atoms with van der Waals surface area (Å²) in [6.45, 7) is 0.675. The number of alkyl halides is 2. The minimum absolute atomic E-state index is 0.00142. The lowest BCUT2D eigenvalue weighted by Gasteiger charge is -2.15. The maximum Gasteiger partial charge on any atom is 0.411 e. The van der Waals surface area contributed by atoms with Gasteiger partial charge in [0, 0.05) is 25.1 Å². The van der Waals surface area contributed by atoms with Crippen molar-refractivity contribution >= 4 is 17.7 Å². The van der Waals surface area contributed by atoms with Crippen LogP contribution in [0.3, 0.4) is 0 Å². The summed E-state index contributed by atoms with van der Waals surface area (Å²) in [5, 5.41) is 15.1. The number of halogens is 2. The Balaban J connectivity index is 1.57. The summed E-state index contributed by atoms with van der Waals surface area (Å²) in [6, 6.07) is 13.0. The number of hydrogen-bond donors (Lipinski definition) is 2. The molecule has 0 saturated carbocycles. The van der Waals surface area contributed by atoms with E-state index in [0.29, 0.717) is 18.7 Å². The van der Waals surface area contributed by atoms with Crippen molar-refractivity contribution in [2.45, 2.75) is 18.9 Å². The second kappa shape index (κ2) is 6.58. The average Bonchev–Trinajstić information content (AvgIpc) is 3.16.